The molecule has 0 bridgehead atoms. The average Bonchev–Trinajstić information content (AvgIpc) is 3.03. The van der Waals surface area contributed by atoms with Crippen molar-refractivity contribution in [2.24, 2.45) is 10.9 Å². The van der Waals surface area contributed by atoms with Gasteiger partial charge in [0.1, 0.15) is 5.92 Å². The molecule has 1 aliphatic heterocycles. The smallest absolute Gasteiger partial charge is 0.337 e. The van der Waals surface area contributed by atoms with Gasteiger partial charge < -0.3 is 18.9 Å². The second kappa shape index (κ2) is 13.1. The Morgan fingerprint density at radius 3 is 2.23 bits per heavy atom. The molecule has 3 atom stereocenters. The Morgan fingerprint density at radius 1 is 0.860 bits per heavy atom. The quantitative estimate of drug-likeness (QED) is 0.292. The van der Waals surface area contributed by atoms with E-state index in [2.05, 4.69) is 0 Å². The Labute approximate surface area is 251 Å². The molecule has 8 heteroatoms. The Morgan fingerprint density at radius 2 is 1.56 bits per heavy atom. The maximum Gasteiger partial charge on any atom is 0.337 e. The summed E-state index contributed by atoms with van der Waals surface area (Å²) in [5.74, 6) is -1.23. The number of carbonyl (C=O) groups is 3. The normalized spacial score (nSPS) is 19.7. The minimum absolute atomic E-state index is 0.0681. The van der Waals surface area contributed by atoms with Gasteiger partial charge in [-0.15, -0.1) is 0 Å². The topological polar surface area (TPSA) is 100 Å². The van der Waals surface area contributed by atoms with Crippen LogP contribution >= 0.6 is 0 Å². The number of aliphatic imine (C=N–C) groups is 1. The number of hydrogen-bond donors (Lipinski definition) is 0. The van der Waals surface area contributed by atoms with E-state index in [1.54, 1.807) is 38.5 Å². The van der Waals surface area contributed by atoms with Crippen LogP contribution < -0.4 is 9.47 Å². The predicted molar refractivity (Wildman–Crippen MR) is 162 cm³/mol. The number of rotatable bonds is 9. The highest BCUT2D eigenvalue weighted by molar-refractivity contribution is 6.09. The minimum atomic E-state index is -0.778. The van der Waals surface area contributed by atoms with Crippen molar-refractivity contribution in [3.8, 4) is 11.5 Å². The number of Topliss-reactive ketones (excluding diaryl/α,β-unsaturated/α-hetero) is 1. The number of methoxy groups -OCH3 is 3. The van der Waals surface area contributed by atoms with E-state index in [0.717, 1.165) is 16.7 Å². The molecular formula is C35H35NO7. The van der Waals surface area contributed by atoms with E-state index >= 15 is 0 Å². The van der Waals surface area contributed by atoms with Gasteiger partial charge in [0.2, 0.25) is 0 Å². The molecule has 1 aliphatic carbocycles. The van der Waals surface area contributed by atoms with E-state index in [-0.39, 0.29) is 24.7 Å². The third-order valence-corrected chi connectivity index (χ3v) is 8.19. The van der Waals surface area contributed by atoms with Crippen LogP contribution in [-0.4, -0.2) is 51.4 Å². The Bertz CT molecular complexity index is 1570. The highest BCUT2D eigenvalue weighted by Gasteiger charge is 2.45. The minimum Gasteiger partial charge on any atom is -0.493 e. The maximum absolute atomic E-state index is 14.0. The van der Waals surface area contributed by atoms with Crippen LogP contribution in [0, 0.1) is 5.92 Å². The lowest BCUT2D eigenvalue weighted by Crippen LogP contribution is -2.38. The van der Waals surface area contributed by atoms with Crippen LogP contribution in [0.1, 0.15) is 58.6 Å². The molecule has 222 valence electrons. The molecule has 0 radical (unpaired) electrons. The van der Waals surface area contributed by atoms with Gasteiger partial charge in [-0.1, -0.05) is 48.5 Å². The molecule has 0 N–H and O–H groups in total. The zero-order valence-electron chi connectivity index (χ0n) is 24.8. The summed E-state index contributed by atoms with van der Waals surface area (Å²) >= 11 is 0. The summed E-state index contributed by atoms with van der Waals surface area (Å²) in [5.41, 5.74) is 4.91. The molecule has 43 heavy (non-hydrogen) atoms. The number of ether oxygens (including phenoxy) is 4. The van der Waals surface area contributed by atoms with Crippen molar-refractivity contribution in [2.45, 2.75) is 38.0 Å². The fourth-order valence-electron chi connectivity index (χ4n) is 6.02. The molecule has 0 amide bonds. The van der Waals surface area contributed by atoms with E-state index in [0.29, 0.717) is 46.9 Å². The molecule has 8 nitrogen and oxygen atoms in total. The fourth-order valence-corrected chi connectivity index (χ4v) is 6.02. The largest absolute Gasteiger partial charge is 0.493 e. The molecule has 2 aliphatic rings. The van der Waals surface area contributed by atoms with Crippen molar-refractivity contribution in [1.29, 1.82) is 0 Å². The Kier molecular flexibility index (Phi) is 9.04. The maximum atomic E-state index is 14.0. The van der Waals surface area contributed by atoms with Gasteiger partial charge in [-0.3, -0.25) is 14.6 Å². The summed E-state index contributed by atoms with van der Waals surface area (Å²) in [5, 5.41) is 0. The van der Waals surface area contributed by atoms with Gasteiger partial charge in [0.15, 0.2) is 17.3 Å². The number of hydrogen-bond acceptors (Lipinski definition) is 8. The first-order valence-electron chi connectivity index (χ1n) is 14.3. The van der Waals surface area contributed by atoms with Gasteiger partial charge in [-0.25, -0.2) is 4.79 Å². The molecular weight excluding hydrogens is 546 g/mol. The number of allylic oxidation sites excluding steroid dienone is 2. The summed E-state index contributed by atoms with van der Waals surface area (Å²) in [6.45, 7) is 2.02. The zero-order valence-corrected chi connectivity index (χ0v) is 24.8. The number of ketones is 1. The highest BCUT2D eigenvalue weighted by Crippen LogP contribution is 2.47. The molecule has 0 spiro atoms. The Balaban J connectivity index is 1.48. The fraction of sp³-hybridized carbons (Fsp3) is 0.314. The van der Waals surface area contributed by atoms with Crippen LogP contribution in [0.4, 0.5) is 0 Å². The van der Waals surface area contributed by atoms with Crippen LogP contribution in [0.3, 0.4) is 0 Å². The number of benzene rings is 3. The van der Waals surface area contributed by atoms with Crippen molar-refractivity contribution >= 4 is 23.4 Å². The monoisotopic (exact) mass is 581 g/mol. The third kappa shape index (κ3) is 6.23. The highest BCUT2D eigenvalue weighted by atomic mass is 16.5. The third-order valence-electron chi connectivity index (χ3n) is 8.19. The molecule has 1 unspecified atom stereocenters. The van der Waals surface area contributed by atoms with Crippen molar-refractivity contribution in [3.05, 3.63) is 106 Å². The van der Waals surface area contributed by atoms with Crippen LogP contribution in [0.2, 0.25) is 0 Å². The van der Waals surface area contributed by atoms with Crippen LogP contribution in [0.25, 0.3) is 0 Å². The van der Waals surface area contributed by atoms with Crippen molar-refractivity contribution < 1.29 is 33.3 Å². The molecule has 1 heterocycles. The standard InChI is InChI=1S/C35H35NO7/c1-21-31(35(39)43-17-16-22-8-6-5-7-9-22)32(23-10-12-24(13-11-23)34(38)42-4)33-27(36-21)18-26(19-28(33)37)25-14-15-29(40-2)30(20-25)41-3/h5-15,20,26,31-32H,16-19H2,1-4H3/t26-,31?,32+/m0/s1. The lowest BCUT2D eigenvalue weighted by atomic mass is 9.69. The lowest BCUT2D eigenvalue weighted by Gasteiger charge is -2.36. The van der Waals surface area contributed by atoms with E-state index < -0.39 is 23.8 Å². The first-order chi connectivity index (χ1) is 20.8. The first kappa shape index (κ1) is 29.8. The van der Waals surface area contributed by atoms with Crippen molar-refractivity contribution in [1.82, 2.24) is 0 Å². The summed E-state index contributed by atoms with van der Waals surface area (Å²) in [7, 11) is 4.49. The molecule has 0 saturated heterocycles. The van der Waals surface area contributed by atoms with Gasteiger partial charge >= 0.3 is 11.9 Å². The van der Waals surface area contributed by atoms with Crippen LogP contribution in [-0.2, 0) is 25.5 Å². The Hall–Kier alpha value is -4.72. The molecule has 0 fully saturated rings. The van der Waals surface area contributed by atoms with Gasteiger partial charge in [-0.05, 0) is 60.2 Å². The van der Waals surface area contributed by atoms with E-state index in [1.807, 2.05) is 55.5 Å². The first-order valence-corrected chi connectivity index (χ1v) is 14.3. The van der Waals surface area contributed by atoms with Gasteiger partial charge in [0.05, 0.1) is 33.5 Å². The summed E-state index contributed by atoms with van der Waals surface area (Å²) in [6, 6.07) is 22.3. The van der Waals surface area contributed by atoms with Crippen molar-refractivity contribution in [3.63, 3.8) is 0 Å². The molecule has 5 rings (SSSR count). The van der Waals surface area contributed by atoms with Crippen LogP contribution in [0.5, 0.6) is 11.5 Å². The van der Waals surface area contributed by atoms with E-state index in [9.17, 15) is 14.4 Å². The second-order valence-corrected chi connectivity index (χ2v) is 10.7. The zero-order chi connectivity index (χ0) is 30.5. The number of nitrogens with zero attached hydrogens (tertiary/aromatic N) is 1. The molecule has 0 saturated carbocycles. The summed E-state index contributed by atoms with van der Waals surface area (Å²) in [4.78, 5) is 44.6. The molecule has 3 aromatic rings. The predicted octanol–water partition coefficient (Wildman–Crippen LogP) is 5.85. The molecule has 3 aromatic carbocycles. The van der Waals surface area contributed by atoms with Gasteiger partial charge in [0, 0.05) is 35.7 Å². The van der Waals surface area contributed by atoms with Gasteiger partial charge in [-0.2, -0.15) is 0 Å². The number of carbonyl (C=O) groups excluding carboxylic acids is 3. The SMILES string of the molecule is COC(=O)c1ccc([C@H]2C3=C(C[C@H](c4ccc(OC)c(OC)c4)CC3=O)N=C(C)C2C(=O)OCCc2ccccc2)cc1. The van der Waals surface area contributed by atoms with Crippen molar-refractivity contribution in [2.75, 3.05) is 27.9 Å². The van der Waals surface area contributed by atoms with E-state index in [4.69, 9.17) is 23.9 Å². The number of esters is 2. The lowest BCUT2D eigenvalue weighted by molar-refractivity contribution is -0.146. The van der Waals surface area contributed by atoms with Crippen LogP contribution in [0.15, 0.2) is 89.1 Å². The van der Waals surface area contributed by atoms with E-state index in [1.165, 1.54) is 7.11 Å². The summed E-state index contributed by atoms with van der Waals surface area (Å²) < 4.78 is 21.5. The molecule has 0 aromatic heterocycles. The summed E-state index contributed by atoms with van der Waals surface area (Å²) in [6.07, 6.45) is 1.36. The second-order valence-electron chi connectivity index (χ2n) is 10.7. The van der Waals surface area contributed by atoms with Gasteiger partial charge in [0.25, 0.3) is 0 Å². The average molecular weight is 582 g/mol.